The second kappa shape index (κ2) is 8.36. The van der Waals surface area contributed by atoms with Crippen molar-refractivity contribution in [3.8, 4) is 5.75 Å². The fraction of sp³-hybridized carbons (Fsp3) is 0.273. The van der Waals surface area contributed by atoms with Gasteiger partial charge in [-0.1, -0.05) is 0 Å². The molecule has 0 spiro atoms. The van der Waals surface area contributed by atoms with E-state index in [-0.39, 0.29) is 5.91 Å². The van der Waals surface area contributed by atoms with Gasteiger partial charge in [0.1, 0.15) is 11.3 Å². The number of anilines is 2. The minimum Gasteiger partial charge on any atom is -0.481 e. The predicted octanol–water partition coefficient (Wildman–Crippen LogP) is 3.04. The molecule has 0 radical (unpaired) electrons. The highest BCUT2D eigenvalue weighted by atomic mass is 16.5. The third kappa shape index (κ3) is 4.57. The van der Waals surface area contributed by atoms with Crippen LogP contribution < -0.4 is 20.6 Å². The van der Waals surface area contributed by atoms with Crippen LogP contribution in [0.1, 0.15) is 6.92 Å². The van der Waals surface area contributed by atoms with E-state index in [0.29, 0.717) is 17.0 Å². The van der Waals surface area contributed by atoms with E-state index in [0.717, 1.165) is 37.4 Å². The van der Waals surface area contributed by atoms with E-state index in [1.54, 1.807) is 31.2 Å². The first-order chi connectivity index (χ1) is 14.1. The maximum absolute atomic E-state index is 12.5. The zero-order chi connectivity index (χ0) is 20.2. The average molecular weight is 394 g/mol. The summed E-state index contributed by atoms with van der Waals surface area (Å²) in [5.74, 6) is 0.191. The Morgan fingerprint density at radius 2 is 1.79 bits per heavy atom. The summed E-state index contributed by atoms with van der Waals surface area (Å²) in [6.45, 7) is 4.85. The summed E-state index contributed by atoms with van der Waals surface area (Å²) < 4.78 is 16.2. The van der Waals surface area contributed by atoms with Crippen LogP contribution in [0.4, 0.5) is 11.4 Å². The number of ether oxygens (including phenoxy) is 2. The van der Waals surface area contributed by atoms with Crippen LogP contribution in [0.2, 0.25) is 0 Å². The number of hydrogen-bond acceptors (Lipinski definition) is 6. The van der Waals surface area contributed by atoms with Gasteiger partial charge in [-0.3, -0.25) is 4.79 Å². The minimum absolute atomic E-state index is 0.265. The Bertz CT molecular complexity index is 1050. The first-order valence-electron chi connectivity index (χ1n) is 9.53. The quantitative estimate of drug-likeness (QED) is 0.670. The van der Waals surface area contributed by atoms with Crippen LogP contribution in [0.5, 0.6) is 5.75 Å². The van der Waals surface area contributed by atoms with Crippen molar-refractivity contribution in [2.45, 2.75) is 13.0 Å². The van der Waals surface area contributed by atoms with Gasteiger partial charge in [0.05, 0.1) is 13.2 Å². The molecule has 0 aliphatic carbocycles. The Morgan fingerprint density at radius 3 is 2.55 bits per heavy atom. The van der Waals surface area contributed by atoms with E-state index < -0.39 is 11.7 Å². The molecule has 1 fully saturated rings. The molecule has 1 aromatic heterocycles. The lowest BCUT2D eigenvalue weighted by Crippen LogP contribution is -2.36. The molecule has 1 N–H and O–H groups in total. The van der Waals surface area contributed by atoms with Gasteiger partial charge < -0.3 is 24.1 Å². The van der Waals surface area contributed by atoms with Gasteiger partial charge in [-0.15, -0.1) is 0 Å². The lowest BCUT2D eigenvalue weighted by atomic mass is 10.2. The average Bonchev–Trinajstić information content (AvgIpc) is 2.74. The van der Waals surface area contributed by atoms with Crippen molar-refractivity contribution in [2.75, 3.05) is 36.5 Å². The van der Waals surface area contributed by atoms with Crippen LogP contribution in [0.3, 0.4) is 0 Å². The Kier molecular flexibility index (Phi) is 5.48. The van der Waals surface area contributed by atoms with Gasteiger partial charge in [-0.25, -0.2) is 4.79 Å². The Hall–Kier alpha value is -3.32. The summed E-state index contributed by atoms with van der Waals surface area (Å²) in [6.07, 6.45) is -0.721. The second-order valence-corrected chi connectivity index (χ2v) is 6.85. The van der Waals surface area contributed by atoms with Crippen molar-refractivity contribution >= 4 is 28.3 Å². The summed E-state index contributed by atoms with van der Waals surface area (Å²) in [5.41, 5.74) is 1.79. The Morgan fingerprint density at radius 1 is 1.07 bits per heavy atom. The molecule has 3 aromatic rings. The van der Waals surface area contributed by atoms with Crippen molar-refractivity contribution in [3.05, 3.63) is 65.0 Å². The van der Waals surface area contributed by atoms with E-state index in [1.807, 2.05) is 24.3 Å². The molecule has 1 amide bonds. The molecule has 150 valence electrons. The zero-order valence-electron chi connectivity index (χ0n) is 16.1. The molecular formula is C22H22N2O5. The number of carbonyl (C=O) groups is 1. The van der Waals surface area contributed by atoms with Gasteiger partial charge in [0.15, 0.2) is 6.10 Å². The number of nitrogens with one attached hydrogen (secondary N) is 1. The molecule has 0 saturated carbocycles. The largest absolute Gasteiger partial charge is 0.481 e. The molecule has 7 nitrogen and oxygen atoms in total. The Labute approximate surface area is 167 Å². The van der Waals surface area contributed by atoms with E-state index >= 15 is 0 Å². The predicted molar refractivity (Wildman–Crippen MR) is 111 cm³/mol. The highest BCUT2D eigenvalue weighted by Crippen LogP contribution is 2.22. The maximum atomic E-state index is 12.5. The minimum atomic E-state index is -0.721. The molecule has 4 rings (SSSR count). The SMILES string of the molecule is CC(Oc1ccc2ccc(=O)oc2c1)C(=O)Nc1ccc(N2CCOCC2)cc1. The van der Waals surface area contributed by atoms with Crippen LogP contribution in [-0.2, 0) is 9.53 Å². The fourth-order valence-electron chi connectivity index (χ4n) is 3.19. The summed E-state index contributed by atoms with van der Waals surface area (Å²) in [7, 11) is 0. The van der Waals surface area contributed by atoms with E-state index in [4.69, 9.17) is 13.9 Å². The summed E-state index contributed by atoms with van der Waals surface area (Å²) in [6, 6.07) is 15.9. The molecule has 0 bridgehead atoms. The number of amides is 1. The molecule has 1 atom stereocenters. The Balaban J connectivity index is 1.38. The normalized spacial score (nSPS) is 15.1. The van der Waals surface area contributed by atoms with E-state index in [9.17, 15) is 9.59 Å². The van der Waals surface area contributed by atoms with Crippen molar-refractivity contribution in [1.82, 2.24) is 0 Å². The molecule has 1 saturated heterocycles. The summed E-state index contributed by atoms with van der Waals surface area (Å²) in [5, 5.41) is 3.64. The van der Waals surface area contributed by atoms with E-state index in [1.165, 1.54) is 6.07 Å². The third-order valence-electron chi connectivity index (χ3n) is 4.79. The van der Waals surface area contributed by atoms with Crippen molar-refractivity contribution in [2.24, 2.45) is 0 Å². The summed E-state index contributed by atoms with van der Waals surface area (Å²) >= 11 is 0. The van der Waals surface area contributed by atoms with Crippen molar-refractivity contribution in [1.29, 1.82) is 0 Å². The van der Waals surface area contributed by atoms with Crippen LogP contribution in [0.25, 0.3) is 11.0 Å². The fourth-order valence-corrected chi connectivity index (χ4v) is 3.19. The first kappa shape index (κ1) is 19.0. The highest BCUT2D eigenvalue weighted by molar-refractivity contribution is 5.94. The summed E-state index contributed by atoms with van der Waals surface area (Å²) in [4.78, 5) is 26.1. The van der Waals surface area contributed by atoms with Crippen LogP contribution in [0.15, 0.2) is 63.8 Å². The third-order valence-corrected chi connectivity index (χ3v) is 4.79. The van der Waals surface area contributed by atoms with Crippen LogP contribution in [-0.4, -0.2) is 38.3 Å². The van der Waals surface area contributed by atoms with Gasteiger partial charge in [-0.05, 0) is 49.4 Å². The van der Waals surface area contributed by atoms with Gasteiger partial charge in [0, 0.05) is 42.0 Å². The number of nitrogens with zero attached hydrogens (tertiary/aromatic N) is 1. The van der Waals surface area contributed by atoms with Crippen LogP contribution in [0, 0.1) is 0 Å². The molecule has 7 heteroatoms. The lowest BCUT2D eigenvalue weighted by Gasteiger charge is -2.29. The zero-order valence-corrected chi connectivity index (χ0v) is 16.1. The molecule has 29 heavy (non-hydrogen) atoms. The van der Waals surface area contributed by atoms with Crippen molar-refractivity contribution < 1.29 is 18.7 Å². The number of hydrogen-bond donors (Lipinski definition) is 1. The van der Waals surface area contributed by atoms with Crippen molar-refractivity contribution in [3.63, 3.8) is 0 Å². The first-order valence-corrected chi connectivity index (χ1v) is 9.53. The van der Waals surface area contributed by atoms with E-state index in [2.05, 4.69) is 10.2 Å². The molecule has 1 aliphatic rings. The maximum Gasteiger partial charge on any atom is 0.336 e. The molecule has 1 aliphatic heterocycles. The second-order valence-electron chi connectivity index (χ2n) is 6.85. The monoisotopic (exact) mass is 394 g/mol. The molecule has 2 aromatic carbocycles. The molecule has 1 unspecified atom stereocenters. The van der Waals surface area contributed by atoms with Gasteiger partial charge in [-0.2, -0.15) is 0 Å². The number of fused-ring (bicyclic) bond motifs is 1. The van der Waals surface area contributed by atoms with Crippen LogP contribution >= 0.6 is 0 Å². The number of carbonyl (C=O) groups excluding carboxylic acids is 1. The highest BCUT2D eigenvalue weighted by Gasteiger charge is 2.16. The van der Waals surface area contributed by atoms with Gasteiger partial charge in [0.2, 0.25) is 0 Å². The standard InChI is InChI=1S/C22H22N2O5/c1-15(28-19-8-2-16-3-9-21(25)29-20(16)14-19)22(26)23-17-4-6-18(7-5-17)24-10-12-27-13-11-24/h2-9,14-15H,10-13H2,1H3,(H,23,26). The number of rotatable bonds is 5. The number of morpholine rings is 1. The van der Waals surface area contributed by atoms with Gasteiger partial charge in [0.25, 0.3) is 5.91 Å². The topological polar surface area (TPSA) is 81.0 Å². The smallest absolute Gasteiger partial charge is 0.336 e. The number of benzene rings is 2. The van der Waals surface area contributed by atoms with Gasteiger partial charge >= 0.3 is 5.63 Å². The lowest BCUT2D eigenvalue weighted by molar-refractivity contribution is -0.122. The molecule has 2 heterocycles. The molecular weight excluding hydrogens is 372 g/mol.